The van der Waals surface area contributed by atoms with E-state index in [0.717, 1.165) is 22.3 Å². The number of hydrogen-bond donors (Lipinski definition) is 3. The molecule has 2 aromatic carbocycles. The fraction of sp³-hybridized carbons (Fsp3) is 0.441. The summed E-state index contributed by atoms with van der Waals surface area (Å²) in [7, 11) is -3.86. The van der Waals surface area contributed by atoms with Crippen LogP contribution in [0.2, 0.25) is 0 Å². The molecule has 2 saturated carbocycles. The predicted octanol–water partition coefficient (Wildman–Crippen LogP) is 2.58. The number of nitrogens with zero attached hydrogens (tertiary/aromatic N) is 3. The van der Waals surface area contributed by atoms with Crippen molar-refractivity contribution >= 4 is 39.5 Å². The number of amides is 5. The van der Waals surface area contributed by atoms with Crippen LogP contribution in [0.4, 0.5) is 4.79 Å². The monoisotopic (exact) mass is 674 g/mol. The van der Waals surface area contributed by atoms with Crippen molar-refractivity contribution < 1.29 is 32.4 Å². The highest BCUT2D eigenvalue weighted by atomic mass is 32.2. The Kier molecular flexibility index (Phi) is 8.22. The van der Waals surface area contributed by atoms with Gasteiger partial charge in [-0.2, -0.15) is 0 Å². The van der Waals surface area contributed by atoms with E-state index in [1.165, 1.54) is 16.8 Å². The highest BCUT2D eigenvalue weighted by molar-refractivity contribution is 7.91. The predicted molar refractivity (Wildman–Crippen MR) is 175 cm³/mol. The highest BCUT2D eigenvalue weighted by Gasteiger charge is 2.62. The van der Waals surface area contributed by atoms with Crippen molar-refractivity contribution in [3.63, 3.8) is 0 Å². The van der Waals surface area contributed by atoms with Crippen molar-refractivity contribution in [2.24, 2.45) is 11.1 Å². The first-order valence-corrected chi connectivity index (χ1v) is 17.9. The second-order valence-corrected chi connectivity index (χ2v) is 15.1. The molecule has 1 saturated heterocycles. The van der Waals surface area contributed by atoms with Gasteiger partial charge in [0.2, 0.25) is 21.8 Å². The van der Waals surface area contributed by atoms with Crippen molar-refractivity contribution in [2.75, 3.05) is 13.1 Å². The smallest absolute Gasteiger partial charge is 0.339 e. The molecular weight excluding hydrogens is 636 g/mol. The summed E-state index contributed by atoms with van der Waals surface area (Å²) < 4.78 is 27.6. The minimum Gasteiger partial charge on any atom is -0.390 e. The first kappa shape index (κ1) is 31.9. The number of hydrazine groups is 1. The van der Waals surface area contributed by atoms with E-state index in [1.807, 2.05) is 60.7 Å². The van der Waals surface area contributed by atoms with Gasteiger partial charge in [-0.05, 0) is 49.7 Å². The highest BCUT2D eigenvalue weighted by Crippen LogP contribution is 2.46. The summed E-state index contributed by atoms with van der Waals surface area (Å²) >= 11 is 0. The molecule has 5 amide bonds. The van der Waals surface area contributed by atoms with E-state index in [1.54, 1.807) is 0 Å². The lowest BCUT2D eigenvalue weighted by atomic mass is 10.1. The van der Waals surface area contributed by atoms with Crippen LogP contribution in [-0.4, -0.2) is 83.8 Å². The SMILES string of the molecule is CC(=O)NN1CCCC/C=C\[C@@H]2C[C@]2(C(=O)NS(=O)(=O)C2CC2)NC(=O)[C@@H]2C[C@@H](ON=C3c4ccccc4-c4ccccc43)CN2C1=O. The molecule has 0 spiro atoms. The molecular formula is C34H38N6O7S. The quantitative estimate of drug-likeness (QED) is 0.267. The lowest BCUT2D eigenvalue weighted by Crippen LogP contribution is -2.59. The largest absolute Gasteiger partial charge is 0.390 e. The third-order valence-corrected chi connectivity index (χ3v) is 11.4. The summed E-state index contributed by atoms with van der Waals surface area (Å²) in [4.78, 5) is 61.1. The summed E-state index contributed by atoms with van der Waals surface area (Å²) in [6.45, 7) is 1.53. The average Bonchev–Trinajstić information content (AvgIpc) is 3.97. The normalized spacial score (nSPS) is 27.4. The van der Waals surface area contributed by atoms with Crippen LogP contribution in [0, 0.1) is 5.92 Å². The van der Waals surface area contributed by atoms with Gasteiger partial charge in [0.05, 0.1) is 11.8 Å². The van der Waals surface area contributed by atoms with Crippen LogP contribution < -0.4 is 15.5 Å². The Labute approximate surface area is 278 Å². The minimum atomic E-state index is -3.86. The molecule has 4 atom stereocenters. The van der Waals surface area contributed by atoms with E-state index >= 15 is 0 Å². The summed E-state index contributed by atoms with van der Waals surface area (Å²) in [6.07, 6.45) is 6.22. The maximum absolute atomic E-state index is 14.1. The van der Waals surface area contributed by atoms with Gasteiger partial charge in [0.25, 0.3) is 5.91 Å². The molecule has 2 aromatic rings. The number of carbonyl (C=O) groups excluding carboxylic acids is 4. The summed E-state index contributed by atoms with van der Waals surface area (Å²) in [5, 5.41) is 7.99. The molecule has 5 aliphatic rings. The standard InChI is InChI=1S/C34H38N6O7S/c1-21(41)36-40-17-9-3-2-4-10-22-19-34(22,32(43)38-48(45,46)24-15-16-24)35-31(42)29-18-23(20-39(29)33(40)44)47-37-30-27-13-7-5-11-25(27)26-12-6-8-14-28(26)30/h4-8,10-14,22-24,29H,2-3,9,15-20H2,1H3,(H,35,42)(H,36,41)(H,38,43)/b10-4-/t22-,23-,29+,34+/m1/s1. The van der Waals surface area contributed by atoms with Crippen LogP contribution in [-0.2, 0) is 29.2 Å². The zero-order valence-electron chi connectivity index (χ0n) is 26.6. The molecule has 13 nitrogen and oxygen atoms in total. The minimum absolute atomic E-state index is 0.00827. The third-order valence-electron chi connectivity index (χ3n) is 9.62. The van der Waals surface area contributed by atoms with Crippen molar-refractivity contribution in [3.05, 3.63) is 71.8 Å². The van der Waals surface area contributed by atoms with Crippen LogP contribution in [0.1, 0.15) is 63.0 Å². The lowest BCUT2D eigenvalue weighted by Gasteiger charge is -2.31. The number of carbonyl (C=O) groups is 4. The molecule has 0 unspecified atom stereocenters. The molecule has 252 valence electrons. The van der Waals surface area contributed by atoms with Crippen molar-refractivity contribution in [2.45, 2.75) is 74.8 Å². The van der Waals surface area contributed by atoms with Crippen molar-refractivity contribution in [1.29, 1.82) is 0 Å². The van der Waals surface area contributed by atoms with Gasteiger partial charge < -0.3 is 15.1 Å². The molecule has 48 heavy (non-hydrogen) atoms. The number of sulfonamides is 1. The Hall–Kier alpha value is -4.72. The van der Waals surface area contributed by atoms with Crippen LogP contribution >= 0.6 is 0 Å². The molecule has 0 bridgehead atoms. The van der Waals surface area contributed by atoms with Gasteiger partial charge >= 0.3 is 6.03 Å². The van der Waals surface area contributed by atoms with Crippen LogP contribution in [0.5, 0.6) is 0 Å². The van der Waals surface area contributed by atoms with Gasteiger partial charge in [-0.1, -0.05) is 65.8 Å². The molecule has 7 rings (SSSR count). The Balaban J connectivity index is 1.18. The molecule has 0 radical (unpaired) electrons. The van der Waals surface area contributed by atoms with Gasteiger partial charge in [-0.25, -0.2) is 18.2 Å². The second-order valence-electron chi connectivity index (χ2n) is 13.1. The Morgan fingerprint density at radius 1 is 1.00 bits per heavy atom. The Morgan fingerprint density at radius 2 is 1.67 bits per heavy atom. The zero-order chi connectivity index (χ0) is 33.6. The maximum Gasteiger partial charge on any atom is 0.339 e. The van der Waals surface area contributed by atoms with Gasteiger partial charge in [0.1, 0.15) is 23.4 Å². The van der Waals surface area contributed by atoms with Crippen molar-refractivity contribution in [1.82, 2.24) is 25.4 Å². The average molecular weight is 675 g/mol. The number of fused-ring (bicyclic) bond motifs is 5. The van der Waals surface area contributed by atoms with Gasteiger partial charge in [0, 0.05) is 36.9 Å². The number of nitrogens with one attached hydrogen (secondary N) is 3. The molecule has 3 fully saturated rings. The topological polar surface area (TPSA) is 167 Å². The molecule has 2 aliphatic heterocycles. The van der Waals surface area contributed by atoms with Crippen LogP contribution in [0.25, 0.3) is 11.1 Å². The van der Waals surface area contributed by atoms with Gasteiger partial charge in [-0.3, -0.25) is 24.5 Å². The van der Waals surface area contributed by atoms with E-state index in [0.29, 0.717) is 37.8 Å². The van der Waals surface area contributed by atoms with E-state index in [9.17, 15) is 27.6 Å². The molecule has 0 aromatic heterocycles. The van der Waals surface area contributed by atoms with E-state index in [2.05, 4.69) is 20.6 Å². The van der Waals surface area contributed by atoms with E-state index < -0.39 is 62.6 Å². The maximum atomic E-state index is 14.1. The zero-order valence-corrected chi connectivity index (χ0v) is 27.4. The second kappa shape index (κ2) is 12.4. The number of allylic oxidation sites excluding steroid dienone is 1. The number of hydrogen-bond acceptors (Lipinski definition) is 8. The molecule has 3 N–H and O–H groups in total. The van der Waals surface area contributed by atoms with Crippen LogP contribution in [0.3, 0.4) is 0 Å². The summed E-state index contributed by atoms with van der Waals surface area (Å²) in [6, 6.07) is 14.1. The number of oxime groups is 1. The molecule has 2 heterocycles. The fourth-order valence-corrected chi connectivity index (χ4v) is 8.22. The van der Waals surface area contributed by atoms with E-state index in [4.69, 9.17) is 4.84 Å². The van der Waals surface area contributed by atoms with E-state index in [-0.39, 0.29) is 25.9 Å². The Morgan fingerprint density at radius 3 is 2.31 bits per heavy atom. The van der Waals surface area contributed by atoms with Crippen LogP contribution in [0.15, 0.2) is 65.8 Å². The molecule has 3 aliphatic carbocycles. The number of urea groups is 1. The number of benzene rings is 2. The first-order valence-electron chi connectivity index (χ1n) is 16.4. The van der Waals surface area contributed by atoms with Gasteiger partial charge in [-0.15, -0.1) is 0 Å². The summed E-state index contributed by atoms with van der Waals surface area (Å²) in [5.41, 5.74) is 5.63. The third kappa shape index (κ3) is 6.04. The number of rotatable bonds is 6. The van der Waals surface area contributed by atoms with Crippen molar-refractivity contribution in [3.8, 4) is 11.1 Å². The fourth-order valence-electron chi connectivity index (χ4n) is 6.86. The lowest BCUT2D eigenvalue weighted by molar-refractivity contribution is -0.131. The van der Waals surface area contributed by atoms with Gasteiger partial charge in [0.15, 0.2) is 0 Å². The Bertz CT molecular complexity index is 1790. The molecule has 14 heteroatoms. The first-order chi connectivity index (χ1) is 23.1. The summed E-state index contributed by atoms with van der Waals surface area (Å²) in [5.74, 6) is -2.23.